The Morgan fingerprint density at radius 2 is 1.35 bits per heavy atom. The molecule has 1 aromatic rings. The fraction of sp³-hybridized carbons (Fsp3) is 0.677. The maximum atomic E-state index is 12.7. The molecular formula is C31H51NO4S. The van der Waals surface area contributed by atoms with E-state index in [1.807, 2.05) is 32.9 Å². The number of aryl methyl sites for hydroxylation is 1. The number of carbonyl (C=O) groups is 2. The maximum absolute atomic E-state index is 12.7. The van der Waals surface area contributed by atoms with Crippen LogP contribution in [0.1, 0.15) is 123 Å². The van der Waals surface area contributed by atoms with Crippen molar-refractivity contribution in [1.29, 1.82) is 0 Å². The van der Waals surface area contributed by atoms with Gasteiger partial charge in [0.15, 0.2) is 0 Å². The Kier molecular flexibility index (Phi) is 17.1. The number of amides is 1. The van der Waals surface area contributed by atoms with Gasteiger partial charge >= 0.3 is 12.1 Å². The summed E-state index contributed by atoms with van der Waals surface area (Å²) in [7, 11) is 0. The van der Waals surface area contributed by atoms with Gasteiger partial charge in [0.25, 0.3) is 0 Å². The van der Waals surface area contributed by atoms with Crippen molar-refractivity contribution < 1.29 is 19.1 Å². The van der Waals surface area contributed by atoms with Gasteiger partial charge in [0.05, 0.1) is 10.6 Å². The molecule has 1 amide bonds. The smallest absolute Gasteiger partial charge is 0.412 e. The highest BCUT2D eigenvalue weighted by molar-refractivity contribution is 8.03. The molecule has 1 aromatic carbocycles. The van der Waals surface area contributed by atoms with E-state index in [1.54, 1.807) is 6.92 Å². The van der Waals surface area contributed by atoms with E-state index in [0.717, 1.165) is 30.6 Å². The van der Waals surface area contributed by atoms with Crippen LogP contribution < -0.4 is 5.32 Å². The lowest BCUT2D eigenvalue weighted by atomic mass is 10.1. The number of alkyl carbamates (subject to hydrolysis) is 1. The van der Waals surface area contributed by atoms with E-state index in [-0.39, 0.29) is 6.61 Å². The molecule has 0 fully saturated rings. The van der Waals surface area contributed by atoms with Gasteiger partial charge in [-0.1, -0.05) is 95.9 Å². The molecule has 37 heavy (non-hydrogen) atoms. The van der Waals surface area contributed by atoms with Crippen molar-refractivity contribution in [3.63, 3.8) is 0 Å². The SMILES string of the molecule is CCCCCCCCCCCS/C(NC(=O)OCc1ccc(CCCC)cc1)=C(\C)C(=O)OC(C)(C)C. The number of esters is 1. The van der Waals surface area contributed by atoms with E-state index in [2.05, 4.69) is 31.3 Å². The number of hydrogen-bond donors (Lipinski definition) is 1. The molecule has 0 aliphatic heterocycles. The first-order valence-corrected chi connectivity index (χ1v) is 15.2. The number of unbranched alkanes of at least 4 members (excludes halogenated alkanes) is 9. The minimum absolute atomic E-state index is 0.182. The average Bonchev–Trinajstić information content (AvgIpc) is 2.85. The lowest BCUT2D eigenvalue weighted by molar-refractivity contribution is -0.149. The minimum atomic E-state index is -0.602. The summed E-state index contributed by atoms with van der Waals surface area (Å²) in [5, 5.41) is 3.31. The number of hydrogen-bond acceptors (Lipinski definition) is 5. The van der Waals surface area contributed by atoms with Crippen LogP contribution in [0, 0.1) is 0 Å². The second kappa shape index (κ2) is 19.2. The van der Waals surface area contributed by atoms with Crippen molar-refractivity contribution in [3.8, 4) is 0 Å². The second-order valence-electron chi connectivity index (χ2n) is 10.8. The molecule has 1 N–H and O–H groups in total. The lowest BCUT2D eigenvalue weighted by Crippen LogP contribution is -2.28. The Labute approximate surface area is 230 Å². The molecule has 6 heteroatoms. The molecule has 0 aliphatic rings. The topological polar surface area (TPSA) is 64.6 Å². The minimum Gasteiger partial charge on any atom is -0.457 e. The van der Waals surface area contributed by atoms with E-state index >= 15 is 0 Å². The highest BCUT2D eigenvalue weighted by Gasteiger charge is 2.21. The van der Waals surface area contributed by atoms with Crippen LogP contribution in [0.3, 0.4) is 0 Å². The van der Waals surface area contributed by atoms with Gasteiger partial charge in [0.2, 0.25) is 0 Å². The number of rotatable bonds is 18. The third-order valence-electron chi connectivity index (χ3n) is 5.97. The summed E-state index contributed by atoms with van der Waals surface area (Å²) in [5.74, 6) is 0.398. The number of ether oxygens (including phenoxy) is 2. The first-order valence-electron chi connectivity index (χ1n) is 14.2. The Hall–Kier alpha value is -1.95. The number of thioether (sulfide) groups is 1. The molecule has 0 unspecified atom stereocenters. The van der Waals surface area contributed by atoms with Crippen LogP contribution >= 0.6 is 11.8 Å². The predicted octanol–water partition coefficient (Wildman–Crippen LogP) is 9.09. The largest absolute Gasteiger partial charge is 0.457 e. The third-order valence-corrected chi connectivity index (χ3v) is 7.16. The van der Waals surface area contributed by atoms with Gasteiger partial charge in [-0.3, -0.25) is 5.32 Å². The van der Waals surface area contributed by atoms with Crippen LogP contribution in [-0.4, -0.2) is 23.4 Å². The Morgan fingerprint density at radius 3 is 1.92 bits per heavy atom. The average molecular weight is 534 g/mol. The second-order valence-corrected chi connectivity index (χ2v) is 11.9. The monoisotopic (exact) mass is 533 g/mol. The summed E-state index contributed by atoms with van der Waals surface area (Å²) in [6, 6.07) is 8.18. The quantitative estimate of drug-likeness (QED) is 0.116. The maximum Gasteiger partial charge on any atom is 0.412 e. The standard InChI is InChI=1S/C31H51NO4S/c1-7-9-11-12-13-14-15-16-17-23-37-28(25(3)29(33)36-31(4,5)6)32-30(34)35-24-27-21-19-26(20-22-27)18-10-8-2/h19-22H,7-18,23-24H2,1-6H3,(H,32,34)/b28-25+. The summed E-state index contributed by atoms with van der Waals surface area (Å²) in [6.07, 6.45) is 14.1. The normalized spacial score (nSPS) is 12.2. The number of nitrogens with one attached hydrogen (secondary N) is 1. The molecule has 0 saturated carbocycles. The van der Waals surface area contributed by atoms with Gasteiger partial charge in [-0.2, -0.15) is 0 Å². The van der Waals surface area contributed by atoms with E-state index in [0.29, 0.717) is 10.6 Å². The highest BCUT2D eigenvalue weighted by atomic mass is 32.2. The van der Waals surface area contributed by atoms with Crippen molar-refractivity contribution in [2.24, 2.45) is 0 Å². The van der Waals surface area contributed by atoms with Gasteiger partial charge in [0.1, 0.15) is 12.2 Å². The molecule has 1 rings (SSSR count). The summed E-state index contributed by atoms with van der Waals surface area (Å²) < 4.78 is 11.0. The molecule has 0 bridgehead atoms. The van der Waals surface area contributed by atoms with Crippen LogP contribution in [0.25, 0.3) is 0 Å². The molecule has 0 atom stereocenters. The third kappa shape index (κ3) is 16.5. The van der Waals surface area contributed by atoms with Gasteiger partial charge in [-0.15, -0.1) is 11.8 Å². The van der Waals surface area contributed by atoms with E-state index < -0.39 is 17.7 Å². The molecule has 0 radical (unpaired) electrons. The van der Waals surface area contributed by atoms with Crippen LogP contribution in [0.4, 0.5) is 4.79 Å². The summed E-state index contributed by atoms with van der Waals surface area (Å²) >= 11 is 1.49. The predicted molar refractivity (Wildman–Crippen MR) is 157 cm³/mol. The van der Waals surface area contributed by atoms with Crippen molar-refractivity contribution in [2.75, 3.05) is 5.75 Å². The lowest BCUT2D eigenvalue weighted by Gasteiger charge is -2.21. The fourth-order valence-electron chi connectivity index (χ4n) is 3.73. The molecule has 210 valence electrons. The zero-order valence-electron chi connectivity index (χ0n) is 24.3. The van der Waals surface area contributed by atoms with Crippen molar-refractivity contribution >= 4 is 23.8 Å². The van der Waals surface area contributed by atoms with E-state index in [1.165, 1.54) is 75.1 Å². The van der Waals surface area contributed by atoms with Crippen molar-refractivity contribution in [3.05, 3.63) is 46.0 Å². The number of benzene rings is 1. The van der Waals surface area contributed by atoms with Crippen LogP contribution in [0.2, 0.25) is 0 Å². The zero-order chi connectivity index (χ0) is 27.5. The van der Waals surface area contributed by atoms with Gasteiger partial charge < -0.3 is 9.47 Å². The Balaban J connectivity index is 2.59. The highest BCUT2D eigenvalue weighted by Crippen LogP contribution is 2.23. The summed E-state index contributed by atoms with van der Waals surface area (Å²) in [6.45, 7) is 11.8. The molecule has 0 heterocycles. The van der Waals surface area contributed by atoms with Crippen LogP contribution in [0.5, 0.6) is 0 Å². The summed E-state index contributed by atoms with van der Waals surface area (Å²) in [5.41, 5.74) is 2.02. The van der Waals surface area contributed by atoms with E-state index in [4.69, 9.17) is 9.47 Å². The molecule has 0 aliphatic carbocycles. The van der Waals surface area contributed by atoms with Crippen molar-refractivity contribution in [1.82, 2.24) is 5.32 Å². The first-order chi connectivity index (χ1) is 17.7. The Morgan fingerprint density at radius 1 is 0.811 bits per heavy atom. The molecule has 5 nitrogen and oxygen atoms in total. The van der Waals surface area contributed by atoms with Gasteiger partial charge in [-0.25, -0.2) is 9.59 Å². The Bertz CT molecular complexity index is 811. The van der Waals surface area contributed by atoms with Crippen LogP contribution in [0.15, 0.2) is 34.9 Å². The fourth-order valence-corrected chi connectivity index (χ4v) is 4.74. The molecule has 0 aromatic heterocycles. The first kappa shape index (κ1) is 33.1. The molecule has 0 saturated heterocycles. The van der Waals surface area contributed by atoms with Gasteiger partial charge in [0, 0.05) is 0 Å². The number of carbonyl (C=O) groups excluding carboxylic acids is 2. The molecule has 0 spiro atoms. The van der Waals surface area contributed by atoms with Gasteiger partial charge in [-0.05, 0) is 63.8 Å². The van der Waals surface area contributed by atoms with Crippen LogP contribution in [-0.2, 0) is 27.3 Å². The molecular weight excluding hydrogens is 482 g/mol. The van der Waals surface area contributed by atoms with Crippen molar-refractivity contribution in [2.45, 2.75) is 131 Å². The van der Waals surface area contributed by atoms with E-state index in [9.17, 15) is 9.59 Å². The zero-order valence-corrected chi connectivity index (χ0v) is 25.1. The summed E-state index contributed by atoms with van der Waals surface area (Å²) in [4.78, 5) is 25.3.